The van der Waals surface area contributed by atoms with Crippen LogP contribution in [0.15, 0.2) is 48.5 Å². The summed E-state index contributed by atoms with van der Waals surface area (Å²) in [4.78, 5) is 32.3. The Balaban J connectivity index is 1.53. The van der Waals surface area contributed by atoms with E-state index in [1.165, 1.54) is 23.5 Å². The molecule has 9 heteroatoms. The standard InChI is InChI=1S/C21H22N4O4S/c26-20(15-16-5-7-17(8-6-16)25(27)28)24(10-9-23-11-13-29-14-12-23)21-22-18-3-1-2-4-19(18)30-21/h1-8H,9-15H2. The lowest BCUT2D eigenvalue weighted by Gasteiger charge is -2.29. The molecule has 0 unspecified atom stereocenters. The van der Waals surface area contributed by atoms with Gasteiger partial charge in [-0.2, -0.15) is 0 Å². The van der Waals surface area contributed by atoms with Crippen molar-refractivity contribution in [3.8, 4) is 0 Å². The molecule has 1 amide bonds. The van der Waals surface area contributed by atoms with E-state index in [4.69, 9.17) is 4.74 Å². The Hall–Kier alpha value is -2.88. The molecule has 1 aliphatic rings. The monoisotopic (exact) mass is 426 g/mol. The van der Waals surface area contributed by atoms with Crippen LogP contribution in [0, 0.1) is 10.1 Å². The van der Waals surface area contributed by atoms with Crippen LogP contribution in [0.2, 0.25) is 0 Å². The first-order chi connectivity index (χ1) is 14.6. The molecule has 0 aliphatic carbocycles. The smallest absolute Gasteiger partial charge is 0.269 e. The fourth-order valence-electron chi connectivity index (χ4n) is 3.37. The Kier molecular flexibility index (Phi) is 6.32. The van der Waals surface area contributed by atoms with E-state index in [9.17, 15) is 14.9 Å². The summed E-state index contributed by atoms with van der Waals surface area (Å²) in [6.07, 6.45) is 0.164. The van der Waals surface area contributed by atoms with Crippen LogP contribution in [-0.4, -0.2) is 60.1 Å². The lowest BCUT2D eigenvalue weighted by atomic mass is 10.1. The summed E-state index contributed by atoms with van der Waals surface area (Å²) in [5, 5.41) is 11.5. The number of anilines is 1. The van der Waals surface area contributed by atoms with Crippen LogP contribution in [-0.2, 0) is 16.0 Å². The summed E-state index contributed by atoms with van der Waals surface area (Å²) in [5.74, 6) is -0.0730. The van der Waals surface area contributed by atoms with Crippen molar-refractivity contribution in [2.45, 2.75) is 6.42 Å². The van der Waals surface area contributed by atoms with Crippen molar-refractivity contribution in [2.24, 2.45) is 0 Å². The van der Waals surface area contributed by atoms with E-state index >= 15 is 0 Å². The molecular weight excluding hydrogens is 404 g/mol. The average Bonchev–Trinajstić information content (AvgIpc) is 3.19. The summed E-state index contributed by atoms with van der Waals surface area (Å²) in [5.41, 5.74) is 1.63. The van der Waals surface area contributed by atoms with E-state index in [2.05, 4.69) is 9.88 Å². The van der Waals surface area contributed by atoms with Gasteiger partial charge in [0.25, 0.3) is 5.69 Å². The van der Waals surface area contributed by atoms with Gasteiger partial charge >= 0.3 is 0 Å². The number of morpholine rings is 1. The fraction of sp³-hybridized carbons (Fsp3) is 0.333. The van der Waals surface area contributed by atoms with Crippen LogP contribution in [0.3, 0.4) is 0 Å². The van der Waals surface area contributed by atoms with Gasteiger partial charge in [-0.1, -0.05) is 35.6 Å². The second-order valence-corrected chi connectivity index (χ2v) is 8.07. The molecule has 2 aromatic carbocycles. The topological polar surface area (TPSA) is 88.8 Å². The number of carbonyl (C=O) groups is 1. The molecule has 0 bridgehead atoms. The summed E-state index contributed by atoms with van der Waals surface area (Å²) in [7, 11) is 0. The summed E-state index contributed by atoms with van der Waals surface area (Å²) in [6.45, 7) is 4.39. The molecule has 0 N–H and O–H groups in total. The van der Waals surface area contributed by atoms with Gasteiger partial charge in [0.05, 0.1) is 34.8 Å². The van der Waals surface area contributed by atoms with E-state index in [-0.39, 0.29) is 18.0 Å². The third-order valence-electron chi connectivity index (χ3n) is 5.06. The van der Waals surface area contributed by atoms with Crippen molar-refractivity contribution in [2.75, 3.05) is 44.3 Å². The zero-order chi connectivity index (χ0) is 20.9. The van der Waals surface area contributed by atoms with Gasteiger partial charge in [-0.25, -0.2) is 4.98 Å². The first kappa shape index (κ1) is 20.4. The number of thiazole rings is 1. The lowest BCUT2D eigenvalue weighted by molar-refractivity contribution is -0.384. The van der Waals surface area contributed by atoms with Gasteiger partial charge in [0.1, 0.15) is 0 Å². The minimum Gasteiger partial charge on any atom is -0.379 e. The molecule has 30 heavy (non-hydrogen) atoms. The van der Waals surface area contributed by atoms with Crippen molar-refractivity contribution in [3.05, 3.63) is 64.2 Å². The maximum absolute atomic E-state index is 13.2. The molecule has 156 valence electrons. The number of nitro groups is 1. The Labute approximate surface area is 177 Å². The molecule has 0 radical (unpaired) electrons. The van der Waals surface area contributed by atoms with Crippen LogP contribution >= 0.6 is 11.3 Å². The van der Waals surface area contributed by atoms with E-state index in [0.29, 0.717) is 24.9 Å². The second kappa shape index (κ2) is 9.29. The lowest BCUT2D eigenvalue weighted by Crippen LogP contribution is -2.43. The van der Waals surface area contributed by atoms with Crippen molar-refractivity contribution in [1.29, 1.82) is 0 Å². The molecular formula is C21H22N4O4S. The molecule has 1 aromatic heterocycles. The highest BCUT2D eigenvalue weighted by molar-refractivity contribution is 7.22. The van der Waals surface area contributed by atoms with E-state index in [1.807, 2.05) is 24.3 Å². The van der Waals surface area contributed by atoms with Crippen molar-refractivity contribution >= 4 is 38.3 Å². The number of nitrogens with zero attached hydrogens (tertiary/aromatic N) is 4. The van der Waals surface area contributed by atoms with Crippen LogP contribution in [0.4, 0.5) is 10.8 Å². The summed E-state index contributed by atoms with van der Waals surface area (Å²) < 4.78 is 6.44. The van der Waals surface area contributed by atoms with Crippen LogP contribution in [0.5, 0.6) is 0 Å². The minimum absolute atomic E-state index is 0.0153. The third-order valence-corrected chi connectivity index (χ3v) is 6.12. The van der Waals surface area contributed by atoms with Gasteiger partial charge in [-0.05, 0) is 17.7 Å². The first-order valence-corrected chi connectivity index (χ1v) is 10.6. The highest BCUT2D eigenvalue weighted by atomic mass is 32.1. The number of nitro benzene ring substituents is 1. The van der Waals surface area contributed by atoms with Gasteiger partial charge in [0.15, 0.2) is 5.13 Å². The average molecular weight is 426 g/mol. The molecule has 1 aliphatic heterocycles. The highest BCUT2D eigenvalue weighted by Gasteiger charge is 2.22. The predicted molar refractivity (Wildman–Crippen MR) is 116 cm³/mol. The van der Waals surface area contributed by atoms with Crippen molar-refractivity contribution < 1.29 is 14.5 Å². The van der Waals surface area contributed by atoms with Crippen molar-refractivity contribution in [3.63, 3.8) is 0 Å². The van der Waals surface area contributed by atoms with E-state index in [0.717, 1.165) is 35.4 Å². The number of fused-ring (bicyclic) bond motifs is 1. The predicted octanol–water partition coefficient (Wildman–Crippen LogP) is 3.11. The molecule has 8 nitrogen and oxygen atoms in total. The number of non-ortho nitro benzene ring substituents is 1. The molecule has 0 atom stereocenters. The van der Waals surface area contributed by atoms with Crippen LogP contribution < -0.4 is 4.90 Å². The maximum Gasteiger partial charge on any atom is 0.269 e. The SMILES string of the molecule is O=C(Cc1ccc([N+](=O)[O-])cc1)N(CCN1CCOCC1)c1nc2ccccc2s1. The molecule has 1 saturated heterocycles. The normalized spacial score (nSPS) is 14.7. The Morgan fingerprint density at radius 2 is 1.90 bits per heavy atom. The Morgan fingerprint density at radius 3 is 2.60 bits per heavy atom. The molecule has 0 spiro atoms. The number of para-hydroxylation sites is 1. The van der Waals surface area contributed by atoms with E-state index < -0.39 is 4.92 Å². The maximum atomic E-state index is 13.2. The summed E-state index contributed by atoms with van der Waals surface area (Å²) >= 11 is 1.50. The Bertz CT molecular complexity index is 998. The number of hydrogen-bond donors (Lipinski definition) is 0. The third kappa shape index (κ3) is 4.81. The van der Waals surface area contributed by atoms with Gasteiger partial charge in [-0.3, -0.25) is 24.7 Å². The number of aromatic nitrogens is 1. The second-order valence-electron chi connectivity index (χ2n) is 7.06. The quantitative estimate of drug-likeness (QED) is 0.426. The highest BCUT2D eigenvalue weighted by Crippen LogP contribution is 2.29. The van der Waals surface area contributed by atoms with Crippen LogP contribution in [0.1, 0.15) is 5.56 Å². The van der Waals surface area contributed by atoms with Gasteiger partial charge < -0.3 is 4.74 Å². The number of rotatable bonds is 7. The van der Waals surface area contributed by atoms with Gasteiger partial charge in [0, 0.05) is 38.3 Å². The molecule has 2 heterocycles. The number of carbonyl (C=O) groups excluding carboxylic acids is 1. The molecule has 1 fully saturated rings. The van der Waals surface area contributed by atoms with Gasteiger partial charge in [-0.15, -0.1) is 0 Å². The van der Waals surface area contributed by atoms with Crippen LogP contribution in [0.25, 0.3) is 10.2 Å². The minimum atomic E-state index is -0.443. The van der Waals surface area contributed by atoms with Crippen molar-refractivity contribution in [1.82, 2.24) is 9.88 Å². The van der Waals surface area contributed by atoms with Gasteiger partial charge in [0.2, 0.25) is 5.91 Å². The number of ether oxygens (including phenoxy) is 1. The number of amides is 1. The number of hydrogen-bond acceptors (Lipinski definition) is 7. The zero-order valence-corrected chi connectivity index (χ0v) is 17.2. The molecule has 0 saturated carbocycles. The van der Waals surface area contributed by atoms with E-state index in [1.54, 1.807) is 17.0 Å². The first-order valence-electron chi connectivity index (χ1n) is 9.79. The zero-order valence-electron chi connectivity index (χ0n) is 16.4. The number of benzene rings is 2. The fourth-order valence-corrected chi connectivity index (χ4v) is 4.38. The largest absolute Gasteiger partial charge is 0.379 e. The Morgan fingerprint density at radius 1 is 1.17 bits per heavy atom. The summed E-state index contributed by atoms with van der Waals surface area (Å²) in [6, 6.07) is 14.0. The molecule has 3 aromatic rings. The molecule has 4 rings (SSSR count).